The summed E-state index contributed by atoms with van der Waals surface area (Å²) < 4.78 is 0. The Morgan fingerprint density at radius 3 is 2.65 bits per heavy atom. The van der Waals surface area contributed by atoms with Crippen molar-refractivity contribution in [3.05, 3.63) is 35.9 Å². The van der Waals surface area contributed by atoms with Crippen LogP contribution in [-0.4, -0.2) is 35.5 Å². The fraction of sp³-hybridized carbons (Fsp3) is 0.357. The zero-order valence-corrected chi connectivity index (χ0v) is 10.8. The monoisotopic (exact) mass is 276 g/mol. The van der Waals surface area contributed by atoms with Crippen molar-refractivity contribution in [1.29, 1.82) is 0 Å². The molecule has 0 bridgehead atoms. The van der Waals surface area contributed by atoms with E-state index in [1.54, 1.807) is 24.3 Å². The lowest BCUT2D eigenvalue weighted by atomic mass is 9.98. The van der Waals surface area contributed by atoms with Crippen molar-refractivity contribution < 1.29 is 19.5 Å². The first kappa shape index (κ1) is 14.2. The molecule has 0 aromatic heterocycles. The SMILES string of the molecule is O=C1CCC(NCC(C(=O)O)c2ccccc2)C(=O)N1. The molecule has 0 aliphatic carbocycles. The molecule has 2 rings (SSSR count). The fourth-order valence-corrected chi connectivity index (χ4v) is 2.18. The molecule has 1 aliphatic heterocycles. The number of piperidine rings is 1. The van der Waals surface area contributed by atoms with Gasteiger partial charge in [0.1, 0.15) is 0 Å². The van der Waals surface area contributed by atoms with Crippen LogP contribution < -0.4 is 10.6 Å². The van der Waals surface area contributed by atoms with Crippen molar-refractivity contribution in [3.8, 4) is 0 Å². The zero-order chi connectivity index (χ0) is 14.5. The van der Waals surface area contributed by atoms with Crippen LogP contribution in [0.15, 0.2) is 30.3 Å². The second-order valence-corrected chi connectivity index (χ2v) is 4.71. The van der Waals surface area contributed by atoms with E-state index in [1.165, 1.54) is 0 Å². The van der Waals surface area contributed by atoms with E-state index in [9.17, 15) is 19.5 Å². The summed E-state index contributed by atoms with van der Waals surface area (Å²) >= 11 is 0. The highest BCUT2D eigenvalue weighted by Gasteiger charge is 2.28. The molecule has 1 aromatic carbocycles. The normalized spacial score (nSPS) is 20.3. The topological polar surface area (TPSA) is 95.5 Å². The molecule has 6 nitrogen and oxygen atoms in total. The number of carbonyl (C=O) groups excluding carboxylic acids is 2. The van der Waals surface area contributed by atoms with Gasteiger partial charge in [-0.2, -0.15) is 0 Å². The van der Waals surface area contributed by atoms with Gasteiger partial charge in [-0.25, -0.2) is 0 Å². The quantitative estimate of drug-likeness (QED) is 0.670. The van der Waals surface area contributed by atoms with Crippen LogP contribution in [0, 0.1) is 0 Å². The number of aliphatic carboxylic acids is 1. The largest absolute Gasteiger partial charge is 0.481 e. The molecule has 2 atom stereocenters. The minimum Gasteiger partial charge on any atom is -0.481 e. The van der Waals surface area contributed by atoms with E-state index < -0.39 is 23.8 Å². The standard InChI is InChI=1S/C14H16N2O4/c17-12-7-6-11(13(18)16-12)15-8-10(14(19)20)9-4-2-1-3-5-9/h1-5,10-11,15H,6-8H2,(H,19,20)(H,16,17,18). The van der Waals surface area contributed by atoms with E-state index in [0.717, 1.165) is 0 Å². The van der Waals surface area contributed by atoms with Gasteiger partial charge in [-0.05, 0) is 12.0 Å². The van der Waals surface area contributed by atoms with Crippen LogP contribution in [0.25, 0.3) is 0 Å². The Morgan fingerprint density at radius 1 is 1.35 bits per heavy atom. The maximum Gasteiger partial charge on any atom is 0.312 e. The summed E-state index contributed by atoms with van der Waals surface area (Å²) in [5, 5.41) is 14.4. The Labute approximate surface area is 116 Å². The summed E-state index contributed by atoms with van der Waals surface area (Å²) in [7, 11) is 0. The molecule has 1 aliphatic rings. The van der Waals surface area contributed by atoms with Crippen molar-refractivity contribution in [2.24, 2.45) is 0 Å². The lowest BCUT2D eigenvalue weighted by Crippen LogP contribution is -2.51. The van der Waals surface area contributed by atoms with Gasteiger partial charge in [0, 0.05) is 13.0 Å². The minimum atomic E-state index is -0.948. The van der Waals surface area contributed by atoms with E-state index in [0.29, 0.717) is 12.0 Å². The second-order valence-electron chi connectivity index (χ2n) is 4.71. The smallest absolute Gasteiger partial charge is 0.312 e. The van der Waals surface area contributed by atoms with Crippen molar-refractivity contribution in [2.75, 3.05) is 6.54 Å². The first-order valence-electron chi connectivity index (χ1n) is 6.42. The number of nitrogens with one attached hydrogen (secondary N) is 2. The first-order chi connectivity index (χ1) is 9.58. The Hall–Kier alpha value is -2.21. The molecular weight excluding hydrogens is 260 g/mol. The third-order valence-corrected chi connectivity index (χ3v) is 3.31. The Morgan fingerprint density at radius 2 is 2.05 bits per heavy atom. The molecule has 6 heteroatoms. The summed E-state index contributed by atoms with van der Waals surface area (Å²) in [5.41, 5.74) is 0.680. The first-order valence-corrected chi connectivity index (χ1v) is 6.42. The number of amides is 2. The predicted octanol–water partition coefficient (Wildman–Crippen LogP) is 0.250. The molecular formula is C14H16N2O4. The summed E-state index contributed by atoms with van der Waals surface area (Å²) in [6.45, 7) is 0.144. The van der Waals surface area contributed by atoms with Crippen LogP contribution >= 0.6 is 0 Å². The molecule has 106 valence electrons. The van der Waals surface area contributed by atoms with Crippen LogP contribution in [-0.2, 0) is 14.4 Å². The average molecular weight is 276 g/mol. The van der Waals surface area contributed by atoms with Crippen molar-refractivity contribution >= 4 is 17.8 Å². The molecule has 0 spiro atoms. The molecule has 1 fully saturated rings. The number of carboxylic acids is 1. The van der Waals surface area contributed by atoms with E-state index in [-0.39, 0.29) is 18.9 Å². The molecule has 1 aromatic rings. The van der Waals surface area contributed by atoms with E-state index in [1.807, 2.05) is 6.07 Å². The third kappa shape index (κ3) is 3.42. The second kappa shape index (κ2) is 6.29. The summed E-state index contributed by atoms with van der Waals surface area (Å²) in [5.74, 6) is -2.35. The number of carbonyl (C=O) groups is 3. The lowest BCUT2D eigenvalue weighted by Gasteiger charge is -2.23. The maximum absolute atomic E-state index is 11.6. The van der Waals surface area contributed by atoms with E-state index in [2.05, 4.69) is 10.6 Å². The lowest BCUT2D eigenvalue weighted by molar-refractivity contribution is -0.140. The number of hydrogen-bond donors (Lipinski definition) is 3. The van der Waals surface area contributed by atoms with Crippen LogP contribution in [0.1, 0.15) is 24.3 Å². The van der Waals surface area contributed by atoms with Crippen molar-refractivity contribution in [3.63, 3.8) is 0 Å². The summed E-state index contributed by atoms with van der Waals surface area (Å²) in [6.07, 6.45) is 0.665. The van der Waals surface area contributed by atoms with Gasteiger partial charge in [0.15, 0.2) is 0 Å². The Balaban J connectivity index is 1.98. The molecule has 2 amide bonds. The average Bonchev–Trinajstić information content (AvgIpc) is 2.42. The number of hydrogen-bond acceptors (Lipinski definition) is 4. The molecule has 2 unspecified atom stereocenters. The Kier molecular flexibility index (Phi) is 4.47. The molecule has 1 saturated heterocycles. The van der Waals surface area contributed by atoms with Crippen LogP contribution in [0.5, 0.6) is 0 Å². The minimum absolute atomic E-state index is 0.144. The highest BCUT2D eigenvalue weighted by atomic mass is 16.4. The van der Waals surface area contributed by atoms with Crippen LogP contribution in [0.4, 0.5) is 0 Å². The number of imide groups is 1. The van der Waals surface area contributed by atoms with Gasteiger partial charge in [0.2, 0.25) is 11.8 Å². The zero-order valence-electron chi connectivity index (χ0n) is 10.8. The van der Waals surface area contributed by atoms with Crippen molar-refractivity contribution in [2.45, 2.75) is 24.8 Å². The van der Waals surface area contributed by atoms with Gasteiger partial charge < -0.3 is 10.4 Å². The molecule has 0 radical (unpaired) electrons. The van der Waals surface area contributed by atoms with Gasteiger partial charge >= 0.3 is 5.97 Å². The van der Waals surface area contributed by atoms with E-state index in [4.69, 9.17) is 0 Å². The number of benzene rings is 1. The Bertz CT molecular complexity index is 515. The van der Waals surface area contributed by atoms with Gasteiger partial charge in [0.05, 0.1) is 12.0 Å². The highest BCUT2D eigenvalue weighted by molar-refractivity contribution is 6.00. The molecule has 20 heavy (non-hydrogen) atoms. The van der Waals surface area contributed by atoms with Crippen LogP contribution in [0.2, 0.25) is 0 Å². The van der Waals surface area contributed by atoms with Gasteiger partial charge in [0.25, 0.3) is 0 Å². The summed E-state index contributed by atoms with van der Waals surface area (Å²) in [6, 6.07) is 8.33. The third-order valence-electron chi connectivity index (χ3n) is 3.31. The van der Waals surface area contributed by atoms with Crippen LogP contribution in [0.3, 0.4) is 0 Å². The number of carboxylic acid groups (broad SMARTS) is 1. The van der Waals surface area contributed by atoms with Crippen molar-refractivity contribution in [1.82, 2.24) is 10.6 Å². The fourth-order valence-electron chi connectivity index (χ4n) is 2.18. The van der Waals surface area contributed by atoms with Gasteiger partial charge in [-0.15, -0.1) is 0 Å². The van der Waals surface area contributed by atoms with E-state index >= 15 is 0 Å². The molecule has 3 N–H and O–H groups in total. The number of rotatable bonds is 5. The maximum atomic E-state index is 11.6. The molecule has 0 saturated carbocycles. The molecule has 1 heterocycles. The highest BCUT2D eigenvalue weighted by Crippen LogP contribution is 2.15. The van der Waals surface area contributed by atoms with Gasteiger partial charge in [-0.1, -0.05) is 30.3 Å². The predicted molar refractivity (Wildman–Crippen MR) is 71.0 cm³/mol. The summed E-state index contributed by atoms with van der Waals surface area (Å²) in [4.78, 5) is 33.9. The van der Waals surface area contributed by atoms with Gasteiger partial charge in [-0.3, -0.25) is 19.7 Å².